The molecule has 2 rings (SSSR count). The van der Waals surface area contributed by atoms with Crippen molar-refractivity contribution in [2.75, 3.05) is 13.2 Å². The number of rotatable bonds is 9. The SMILES string of the molecule is CC(C)CC[C@@H](CC[NH2+][C@H](C)c1cccs1)[C@@H]1CCOC(C)(C)C1. The lowest BCUT2D eigenvalue weighted by Gasteiger charge is -2.39. The van der Waals surface area contributed by atoms with Gasteiger partial charge in [-0.2, -0.15) is 0 Å². The Morgan fingerprint density at radius 1 is 1.25 bits per heavy atom. The second kappa shape index (κ2) is 9.35. The first kappa shape index (κ1) is 19.9. The number of hydrogen-bond acceptors (Lipinski definition) is 2. The van der Waals surface area contributed by atoms with Crippen molar-refractivity contribution in [3.8, 4) is 0 Å². The molecule has 0 bridgehead atoms. The topological polar surface area (TPSA) is 25.8 Å². The van der Waals surface area contributed by atoms with Gasteiger partial charge in [0.05, 0.1) is 17.0 Å². The molecule has 3 heteroatoms. The van der Waals surface area contributed by atoms with Gasteiger partial charge >= 0.3 is 0 Å². The first-order valence-electron chi connectivity index (χ1n) is 9.88. The minimum absolute atomic E-state index is 0.0764. The number of hydrogen-bond donors (Lipinski definition) is 1. The standard InChI is InChI=1S/C21H37NOS/c1-16(2)8-9-18(19-11-13-23-21(4,5)15-19)10-12-22-17(3)20-7-6-14-24-20/h6-7,14,16-19,22H,8-13,15H2,1-5H3/p+1/t17-,18+,19-/m1/s1. The van der Waals surface area contributed by atoms with Crippen LogP contribution in [0.1, 0.15) is 77.6 Å². The zero-order valence-electron chi connectivity index (χ0n) is 16.4. The fraction of sp³-hybridized carbons (Fsp3) is 0.810. The molecule has 2 N–H and O–H groups in total. The van der Waals surface area contributed by atoms with Crippen molar-refractivity contribution < 1.29 is 10.1 Å². The van der Waals surface area contributed by atoms with E-state index in [2.05, 4.69) is 57.4 Å². The molecule has 0 aromatic carbocycles. The van der Waals surface area contributed by atoms with Crippen LogP contribution in [0.4, 0.5) is 0 Å². The Balaban J connectivity index is 1.85. The summed E-state index contributed by atoms with van der Waals surface area (Å²) in [6.45, 7) is 13.8. The van der Waals surface area contributed by atoms with Crippen LogP contribution in [0, 0.1) is 17.8 Å². The summed E-state index contributed by atoms with van der Waals surface area (Å²) in [5.41, 5.74) is 0.0764. The first-order valence-corrected chi connectivity index (χ1v) is 10.8. The molecule has 0 spiro atoms. The maximum atomic E-state index is 5.96. The van der Waals surface area contributed by atoms with E-state index in [-0.39, 0.29) is 5.60 Å². The van der Waals surface area contributed by atoms with Crippen molar-refractivity contribution in [1.82, 2.24) is 0 Å². The molecule has 0 amide bonds. The van der Waals surface area contributed by atoms with Gasteiger partial charge in [0.2, 0.25) is 0 Å². The number of thiophene rings is 1. The van der Waals surface area contributed by atoms with Gasteiger partial charge in [-0.05, 0) is 75.7 Å². The summed E-state index contributed by atoms with van der Waals surface area (Å²) < 4.78 is 5.96. The molecule has 1 aromatic rings. The largest absolute Gasteiger partial charge is 0.376 e. The Hall–Kier alpha value is -0.380. The molecule has 1 fully saturated rings. The molecule has 1 aromatic heterocycles. The lowest BCUT2D eigenvalue weighted by atomic mass is 9.75. The number of ether oxygens (including phenoxy) is 1. The van der Waals surface area contributed by atoms with Crippen LogP contribution in [0.2, 0.25) is 0 Å². The van der Waals surface area contributed by atoms with Gasteiger partial charge in [-0.1, -0.05) is 26.3 Å². The maximum Gasteiger partial charge on any atom is 0.118 e. The molecule has 1 saturated heterocycles. The van der Waals surface area contributed by atoms with E-state index in [1.54, 1.807) is 0 Å². The predicted molar refractivity (Wildman–Crippen MR) is 104 cm³/mol. The van der Waals surface area contributed by atoms with Crippen LogP contribution in [0.5, 0.6) is 0 Å². The summed E-state index contributed by atoms with van der Waals surface area (Å²) >= 11 is 1.88. The second-order valence-electron chi connectivity index (χ2n) is 8.71. The summed E-state index contributed by atoms with van der Waals surface area (Å²) in [7, 11) is 0. The van der Waals surface area contributed by atoms with Crippen LogP contribution in [-0.2, 0) is 4.74 Å². The van der Waals surface area contributed by atoms with Gasteiger partial charge < -0.3 is 10.1 Å². The fourth-order valence-corrected chi connectivity index (χ4v) is 4.85. The molecule has 138 valence electrons. The number of nitrogens with two attached hydrogens (primary N) is 1. The third-order valence-electron chi connectivity index (χ3n) is 5.57. The highest BCUT2D eigenvalue weighted by atomic mass is 32.1. The Bertz CT molecular complexity index is 454. The summed E-state index contributed by atoms with van der Waals surface area (Å²) in [4.78, 5) is 1.50. The third kappa shape index (κ3) is 6.50. The Morgan fingerprint density at radius 2 is 2.04 bits per heavy atom. The smallest absolute Gasteiger partial charge is 0.118 e. The van der Waals surface area contributed by atoms with E-state index in [0.717, 1.165) is 24.4 Å². The Labute approximate surface area is 153 Å². The molecule has 3 atom stereocenters. The zero-order valence-corrected chi connectivity index (χ0v) is 17.2. The van der Waals surface area contributed by atoms with Gasteiger partial charge in [0.15, 0.2) is 0 Å². The fourth-order valence-electron chi connectivity index (χ4n) is 4.07. The maximum absolute atomic E-state index is 5.96. The third-order valence-corrected chi connectivity index (χ3v) is 6.64. The van der Waals surface area contributed by atoms with E-state index in [0.29, 0.717) is 6.04 Å². The van der Waals surface area contributed by atoms with Crippen LogP contribution in [0.3, 0.4) is 0 Å². The van der Waals surface area contributed by atoms with Crippen LogP contribution < -0.4 is 5.32 Å². The zero-order chi connectivity index (χ0) is 17.6. The van der Waals surface area contributed by atoms with Crippen molar-refractivity contribution in [3.05, 3.63) is 22.4 Å². The lowest BCUT2D eigenvalue weighted by molar-refractivity contribution is -0.693. The minimum Gasteiger partial charge on any atom is -0.376 e. The molecule has 0 radical (unpaired) electrons. The van der Waals surface area contributed by atoms with E-state index in [9.17, 15) is 0 Å². The average molecular weight is 353 g/mol. The Morgan fingerprint density at radius 3 is 2.67 bits per heavy atom. The molecule has 2 nitrogen and oxygen atoms in total. The summed E-state index contributed by atoms with van der Waals surface area (Å²) in [5.74, 6) is 2.52. The number of quaternary nitrogens is 1. The van der Waals surface area contributed by atoms with Gasteiger partial charge in [-0.15, -0.1) is 11.3 Å². The van der Waals surface area contributed by atoms with E-state index in [1.165, 1.54) is 43.5 Å². The molecule has 0 aliphatic carbocycles. The molecular weight excluding hydrogens is 314 g/mol. The monoisotopic (exact) mass is 352 g/mol. The van der Waals surface area contributed by atoms with E-state index in [4.69, 9.17) is 4.74 Å². The minimum atomic E-state index is 0.0764. The van der Waals surface area contributed by atoms with Crippen molar-refractivity contribution in [2.45, 2.75) is 78.4 Å². The van der Waals surface area contributed by atoms with Crippen LogP contribution in [0.15, 0.2) is 17.5 Å². The molecule has 24 heavy (non-hydrogen) atoms. The van der Waals surface area contributed by atoms with Crippen molar-refractivity contribution in [1.29, 1.82) is 0 Å². The van der Waals surface area contributed by atoms with Crippen LogP contribution >= 0.6 is 11.3 Å². The Kier molecular flexibility index (Phi) is 7.77. The first-order chi connectivity index (χ1) is 11.4. The quantitative estimate of drug-likeness (QED) is 0.663. The molecule has 1 aliphatic rings. The van der Waals surface area contributed by atoms with E-state index < -0.39 is 0 Å². The van der Waals surface area contributed by atoms with Crippen LogP contribution in [0.25, 0.3) is 0 Å². The highest BCUT2D eigenvalue weighted by Gasteiger charge is 2.33. The summed E-state index contributed by atoms with van der Waals surface area (Å²) in [6, 6.07) is 5.03. The molecule has 0 saturated carbocycles. The summed E-state index contributed by atoms with van der Waals surface area (Å²) in [5, 5.41) is 4.73. The molecular formula is C21H38NOS+. The van der Waals surface area contributed by atoms with Gasteiger partial charge in [0.25, 0.3) is 0 Å². The molecule has 0 unspecified atom stereocenters. The van der Waals surface area contributed by atoms with Gasteiger partial charge in [-0.3, -0.25) is 0 Å². The summed E-state index contributed by atoms with van der Waals surface area (Å²) in [6.07, 6.45) is 6.59. The predicted octanol–water partition coefficient (Wildman–Crippen LogP) is 5.02. The van der Waals surface area contributed by atoms with E-state index >= 15 is 0 Å². The highest BCUT2D eigenvalue weighted by molar-refractivity contribution is 7.10. The molecule has 1 aliphatic heterocycles. The lowest BCUT2D eigenvalue weighted by Crippen LogP contribution is -2.84. The van der Waals surface area contributed by atoms with Crippen molar-refractivity contribution in [3.63, 3.8) is 0 Å². The average Bonchev–Trinajstić information content (AvgIpc) is 3.03. The van der Waals surface area contributed by atoms with Gasteiger partial charge in [0.1, 0.15) is 6.04 Å². The van der Waals surface area contributed by atoms with E-state index in [1.807, 2.05) is 11.3 Å². The highest BCUT2D eigenvalue weighted by Crippen LogP contribution is 2.37. The second-order valence-corrected chi connectivity index (χ2v) is 9.69. The molecule has 2 heterocycles. The van der Waals surface area contributed by atoms with Crippen LogP contribution in [-0.4, -0.2) is 18.8 Å². The van der Waals surface area contributed by atoms with Crippen molar-refractivity contribution in [2.24, 2.45) is 17.8 Å². The van der Waals surface area contributed by atoms with Gasteiger partial charge in [-0.25, -0.2) is 0 Å². The normalized spacial score (nSPS) is 23.3. The van der Waals surface area contributed by atoms with Gasteiger partial charge in [0, 0.05) is 6.61 Å². The van der Waals surface area contributed by atoms with Crippen molar-refractivity contribution >= 4 is 11.3 Å².